The van der Waals surface area contributed by atoms with Crippen LogP contribution in [0.4, 0.5) is 5.13 Å². The lowest BCUT2D eigenvalue weighted by Crippen LogP contribution is -2.48. The van der Waals surface area contributed by atoms with Crippen LogP contribution < -0.4 is 19.1 Å². The third-order valence-corrected chi connectivity index (χ3v) is 6.90. The molecule has 2 heterocycles. The maximum Gasteiger partial charge on any atom is 0.257 e. The second kappa shape index (κ2) is 9.61. The van der Waals surface area contributed by atoms with E-state index in [1.54, 1.807) is 25.6 Å². The van der Waals surface area contributed by atoms with Gasteiger partial charge in [0.05, 0.1) is 24.5 Å². The van der Waals surface area contributed by atoms with E-state index in [-0.39, 0.29) is 5.91 Å². The molecule has 0 bridgehead atoms. The molecule has 174 valence electrons. The highest BCUT2D eigenvalue weighted by molar-refractivity contribution is 7.22. The molecule has 1 amide bonds. The molecule has 1 fully saturated rings. The van der Waals surface area contributed by atoms with Crippen molar-refractivity contribution in [3.05, 3.63) is 72.3 Å². The predicted molar refractivity (Wildman–Crippen MR) is 134 cm³/mol. The minimum absolute atomic E-state index is 0.0260. The Labute approximate surface area is 202 Å². The van der Waals surface area contributed by atoms with Crippen LogP contribution >= 0.6 is 11.3 Å². The van der Waals surface area contributed by atoms with Crippen LogP contribution in [0.15, 0.2) is 66.7 Å². The van der Waals surface area contributed by atoms with E-state index in [0.717, 1.165) is 15.3 Å². The number of ether oxygens (including phenoxy) is 3. The molecule has 3 aromatic carbocycles. The van der Waals surface area contributed by atoms with Crippen molar-refractivity contribution in [2.24, 2.45) is 0 Å². The van der Waals surface area contributed by atoms with Crippen LogP contribution in [-0.4, -0.2) is 56.2 Å². The van der Waals surface area contributed by atoms with Gasteiger partial charge in [-0.15, -0.1) is 0 Å². The summed E-state index contributed by atoms with van der Waals surface area (Å²) in [5.41, 5.74) is 1.36. The number of hydrogen-bond acceptors (Lipinski definition) is 7. The third-order valence-electron chi connectivity index (χ3n) is 5.82. The standard InChI is InChI=1S/C26H25N3O4S/c1-31-21-12-13-22-23(24(21)32-2)27-26(34-22)29-16-14-28(15-17-29)25(30)19-10-6-7-11-20(19)33-18-8-4-3-5-9-18/h3-13H,14-17H2,1-2H3. The molecule has 0 spiro atoms. The summed E-state index contributed by atoms with van der Waals surface area (Å²) >= 11 is 1.62. The summed E-state index contributed by atoms with van der Waals surface area (Å²) in [6, 6.07) is 20.8. The molecule has 0 aliphatic carbocycles. The number of benzene rings is 3. The van der Waals surface area contributed by atoms with Crippen molar-refractivity contribution in [1.82, 2.24) is 9.88 Å². The van der Waals surface area contributed by atoms with Gasteiger partial charge in [-0.3, -0.25) is 4.79 Å². The van der Waals surface area contributed by atoms with E-state index >= 15 is 0 Å². The Kier molecular flexibility index (Phi) is 6.22. The second-order valence-electron chi connectivity index (χ2n) is 7.83. The van der Waals surface area contributed by atoms with Crippen LogP contribution in [0.1, 0.15) is 10.4 Å². The lowest BCUT2D eigenvalue weighted by molar-refractivity contribution is 0.0744. The van der Waals surface area contributed by atoms with Crippen LogP contribution in [0.2, 0.25) is 0 Å². The van der Waals surface area contributed by atoms with Crippen molar-refractivity contribution in [1.29, 1.82) is 0 Å². The van der Waals surface area contributed by atoms with Crippen molar-refractivity contribution in [3.63, 3.8) is 0 Å². The maximum atomic E-state index is 13.3. The Balaban J connectivity index is 1.30. The number of methoxy groups -OCH3 is 2. The minimum atomic E-state index is -0.0260. The molecule has 4 aromatic rings. The first kappa shape index (κ1) is 22.0. The van der Waals surface area contributed by atoms with Crippen molar-refractivity contribution in [2.45, 2.75) is 0 Å². The molecule has 0 saturated carbocycles. The fourth-order valence-electron chi connectivity index (χ4n) is 4.05. The molecule has 34 heavy (non-hydrogen) atoms. The highest BCUT2D eigenvalue weighted by atomic mass is 32.1. The maximum absolute atomic E-state index is 13.3. The van der Waals surface area contributed by atoms with Gasteiger partial charge in [-0.05, 0) is 36.4 Å². The first-order valence-electron chi connectivity index (χ1n) is 11.1. The van der Waals surface area contributed by atoms with Crippen molar-refractivity contribution in [3.8, 4) is 23.0 Å². The minimum Gasteiger partial charge on any atom is -0.493 e. The Hall–Kier alpha value is -3.78. The number of rotatable bonds is 6. The van der Waals surface area contributed by atoms with Gasteiger partial charge in [-0.2, -0.15) is 0 Å². The van der Waals surface area contributed by atoms with E-state index in [9.17, 15) is 4.79 Å². The van der Waals surface area contributed by atoms with E-state index in [0.29, 0.717) is 54.7 Å². The number of carbonyl (C=O) groups is 1. The Morgan fingerprint density at radius 2 is 1.59 bits per heavy atom. The van der Waals surface area contributed by atoms with Gasteiger partial charge in [0.1, 0.15) is 17.0 Å². The zero-order chi connectivity index (χ0) is 23.5. The summed E-state index contributed by atoms with van der Waals surface area (Å²) in [5, 5.41) is 0.918. The molecule has 5 rings (SSSR count). The van der Waals surface area contributed by atoms with Crippen molar-refractivity contribution < 1.29 is 19.0 Å². The van der Waals surface area contributed by atoms with Crippen LogP contribution in [0.3, 0.4) is 0 Å². The molecule has 0 N–H and O–H groups in total. The molecule has 1 aliphatic heterocycles. The number of thiazole rings is 1. The number of carbonyl (C=O) groups excluding carboxylic acids is 1. The zero-order valence-corrected chi connectivity index (χ0v) is 19.9. The number of fused-ring (bicyclic) bond motifs is 1. The highest BCUT2D eigenvalue weighted by Gasteiger charge is 2.26. The molecule has 7 nitrogen and oxygen atoms in total. The molecular formula is C26H25N3O4S. The number of nitrogens with zero attached hydrogens (tertiary/aromatic N) is 3. The van der Waals surface area contributed by atoms with Crippen molar-refractivity contribution >= 4 is 32.6 Å². The summed E-state index contributed by atoms with van der Waals surface area (Å²) in [6.07, 6.45) is 0. The van der Waals surface area contributed by atoms with E-state index in [4.69, 9.17) is 19.2 Å². The Morgan fingerprint density at radius 3 is 2.32 bits per heavy atom. The summed E-state index contributed by atoms with van der Waals surface area (Å²) in [4.78, 5) is 22.2. The lowest BCUT2D eigenvalue weighted by Gasteiger charge is -2.34. The Bertz CT molecular complexity index is 1300. The van der Waals surface area contributed by atoms with Crippen LogP contribution in [-0.2, 0) is 0 Å². The molecule has 1 saturated heterocycles. The first-order valence-corrected chi connectivity index (χ1v) is 11.9. The van der Waals surface area contributed by atoms with E-state index in [1.807, 2.05) is 71.6 Å². The van der Waals surface area contributed by atoms with Gasteiger partial charge in [-0.1, -0.05) is 41.7 Å². The zero-order valence-electron chi connectivity index (χ0n) is 19.1. The summed E-state index contributed by atoms with van der Waals surface area (Å²) in [6.45, 7) is 2.61. The van der Waals surface area contributed by atoms with Crippen LogP contribution in [0, 0.1) is 0 Å². The fraction of sp³-hybridized carbons (Fsp3) is 0.231. The van der Waals surface area contributed by atoms with Crippen molar-refractivity contribution in [2.75, 3.05) is 45.3 Å². The van der Waals surface area contributed by atoms with Gasteiger partial charge in [-0.25, -0.2) is 4.98 Å². The smallest absolute Gasteiger partial charge is 0.257 e. The largest absolute Gasteiger partial charge is 0.493 e. The average Bonchev–Trinajstić information content (AvgIpc) is 3.33. The van der Waals surface area contributed by atoms with Gasteiger partial charge in [0, 0.05) is 26.2 Å². The molecule has 1 aliphatic rings. The summed E-state index contributed by atoms with van der Waals surface area (Å²) in [7, 11) is 3.25. The van der Waals surface area contributed by atoms with E-state index < -0.39 is 0 Å². The second-order valence-corrected chi connectivity index (χ2v) is 8.84. The van der Waals surface area contributed by atoms with Gasteiger partial charge in [0.25, 0.3) is 5.91 Å². The number of piperazine rings is 1. The fourth-order valence-corrected chi connectivity index (χ4v) is 5.07. The van der Waals surface area contributed by atoms with E-state index in [1.165, 1.54) is 0 Å². The SMILES string of the molecule is COc1ccc2sc(N3CCN(C(=O)c4ccccc4Oc4ccccc4)CC3)nc2c1OC. The Morgan fingerprint density at radius 1 is 0.853 bits per heavy atom. The predicted octanol–water partition coefficient (Wildman–Crippen LogP) is 5.07. The molecule has 1 aromatic heterocycles. The normalized spacial score (nSPS) is 13.7. The topological polar surface area (TPSA) is 64.1 Å². The monoisotopic (exact) mass is 475 g/mol. The average molecular weight is 476 g/mol. The van der Waals surface area contributed by atoms with Gasteiger partial charge < -0.3 is 24.0 Å². The number of anilines is 1. The van der Waals surface area contributed by atoms with E-state index in [2.05, 4.69) is 4.90 Å². The number of aromatic nitrogens is 1. The molecule has 0 radical (unpaired) electrons. The van der Waals surface area contributed by atoms with Gasteiger partial charge in [0.15, 0.2) is 16.6 Å². The number of para-hydroxylation sites is 2. The lowest BCUT2D eigenvalue weighted by atomic mass is 10.1. The van der Waals surface area contributed by atoms with Crippen LogP contribution in [0.25, 0.3) is 10.2 Å². The van der Waals surface area contributed by atoms with Gasteiger partial charge in [0.2, 0.25) is 0 Å². The number of amides is 1. The molecule has 0 atom stereocenters. The third kappa shape index (κ3) is 4.24. The number of hydrogen-bond donors (Lipinski definition) is 0. The molecule has 0 unspecified atom stereocenters. The quantitative estimate of drug-likeness (QED) is 0.388. The molecular weight excluding hydrogens is 450 g/mol. The summed E-state index contributed by atoms with van der Waals surface area (Å²) in [5.74, 6) is 2.55. The molecule has 8 heteroatoms. The highest BCUT2D eigenvalue weighted by Crippen LogP contribution is 2.40. The first-order chi connectivity index (χ1) is 16.7. The van der Waals surface area contributed by atoms with Gasteiger partial charge >= 0.3 is 0 Å². The van der Waals surface area contributed by atoms with Crippen LogP contribution in [0.5, 0.6) is 23.0 Å². The summed E-state index contributed by atoms with van der Waals surface area (Å²) < 4.78 is 18.0.